The molecule has 43 heavy (non-hydrogen) atoms. The highest BCUT2D eigenvalue weighted by molar-refractivity contribution is 6.01. The summed E-state index contributed by atoms with van der Waals surface area (Å²) in [6.07, 6.45) is 2.05. The minimum Gasteiger partial charge on any atom is -0.489 e. The van der Waals surface area contributed by atoms with Crippen LogP contribution in [0, 0.1) is 5.82 Å². The molecule has 3 N–H and O–H groups in total. The van der Waals surface area contributed by atoms with Gasteiger partial charge in [-0.25, -0.2) is 14.4 Å². The number of primary amides is 1. The zero-order chi connectivity index (χ0) is 30.1. The van der Waals surface area contributed by atoms with Crippen molar-refractivity contribution in [2.75, 3.05) is 44.3 Å². The SMILES string of the molecule is NC(=O)[C@H](CCC(=O)O)N1Cc2cc(O[C@H]3CCN(Cc4cc5cnc(N6CCOCC6)nc5cc4F)C3)ccc2C1=O. The van der Waals surface area contributed by atoms with Gasteiger partial charge in [-0.1, -0.05) is 0 Å². The highest BCUT2D eigenvalue weighted by Crippen LogP contribution is 2.31. The number of carbonyl (C=O) groups is 3. The van der Waals surface area contributed by atoms with Crippen molar-refractivity contribution in [3.63, 3.8) is 0 Å². The zero-order valence-corrected chi connectivity index (χ0v) is 23.6. The molecule has 0 radical (unpaired) electrons. The number of hydrogen-bond donors (Lipinski definition) is 2. The Morgan fingerprint density at radius 2 is 2.00 bits per heavy atom. The van der Waals surface area contributed by atoms with Crippen molar-refractivity contribution in [1.82, 2.24) is 19.8 Å². The standard InChI is InChI=1S/C30H33FN6O6/c31-24-13-25-18(14-33-30(34-25)36-7-9-42-10-8-36)11-20(24)15-35-6-5-22(17-35)43-21-1-2-23-19(12-21)16-37(29(23)41)26(28(32)40)3-4-27(38)39/h1-2,11-14,22,26H,3-10,15-17H2,(H2,32,40)(H,38,39)/t22-,26-/m0/s1. The third-order valence-electron chi connectivity index (χ3n) is 8.20. The highest BCUT2D eigenvalue weighted by atomic mass is 19.1. The Morgan fingerprint density at radius 1 is 1.19 bits per heavy atom. The van der Waals surface area contributed by atoms with E-state index >= 15 is 4.39 Å². The maximum absolute atomic E-state index is 15.1. The van der Waals surface area contributed by atoms with Gasteiger partial charge in [-0.2, -0.15) is 0 Å². The van der Waals surface area contributed by atoms with Gasteiger partial charge in [0.05, 0.1) is 18.7 Å². The van der Waals surface area contributed by atoms with Crippen LogP contribution in [0.4, 0.5) is 10.3 Å². The quantitative estimate of drug-likeness (QED) is 0.357. The van der Waals surface area contributed by atoms with E-state index in [0.29, 0.717) is 73.3 Å². The van der Waals surface area contributed by atoms with Gasteiger partial charge in [0.2, 0.25) is 11.9 Å². The van der Waals surface area contributed by atoms with Crippen LogP contribution in [0.5, 0.6) is 5.75 Å². The third-order valence-corrected chi connectivity index (χ3v) is 8.20. The molecule has 0 spiro atoms. The zero-order valence-electron chi connectivity index (χ0n) is 23.6. The van der Waals surface area contributed by atoms with Gasteiger partial charge in [-0.15, -0.1) is 0 Å². The molecule has 2 aromatic carbocycles. The van der Waals surface area contributed by atoms with Crippen molar-refractivity contribution in [2.24, 2.45) is 5.73 Å². The van der Waals surface area contributed by atoms with Crippen LogP contribution >= 0.6 is 0 Å². The van der Waals surface area contributed by atoms with Gasteiger partial charge < -0.3 is 30.1 Å². The van der Waals surface area contributed by atoms with Crippen LogP contribution in [0.25, 0.3) is 10.9 Å². The van der Waals surface area contributed by atoms with E-state index in [1.807, 2.05) is 4.90 Å². The summed E-state index contributed by atoms with van der Waals surface area (Å²) in [6.45, 7) is 4.55. The number of aliphatic carboxylic acids is 1. The number of carboxylic acid groups (broad SMARTS) is 1. The first kappa shape index (κ1) is 28.7. The Kier molecular flexibility index (Phi) is 8.08. The summed E-state index contributed by atoms with van der Waals surface area (Å²) in [5.41, 5.74) is 7.75. The number of ether oxygens (including phenoxy) is 2. The van der Waals surface area contributed by atoms with Gasteiger partial charge in [0.1, 0.15) is 23.7 Å². The number of amides is 2. The minimum absolute atomic E-state index is 0.0496. The van der Waals surface area contributed by atoms with Gasteiger partial charge in [-0.3, -0.25) is 19.3 Å². The predicted octanol–water partition coefficient (Wildman–Crippen LogP) is 1.93. The average molecular weight is 593 g/mol. The van der Waals surface area contributed by atoms with E-state index in [1.54, 1.807) is 30.5 Å². The lowest BCUT2D eigenvalue weighted by molar-refractivity contribution is -0.137. The number of nitrogens with two attached hydrogens (primary N) is 1. The molecule has 4 heterocycles. The topological polar surface area (TPSA) is 151 Å². The van der Waals surface area contributed by atoms with E-state index < -0.39 is 17.9 Å². The maximum Gasteiger partial charge on any atom is 0.303 e. The number of aromatic nitrogens is 2. The molecule has 0 bridgehead atoms. The van der Waals surface area contributed by atoms with Crippen LogP contribution in [0.15, 0.2) is 36.5 Å². The fourth-order valence-corrected chi connectivity index (χ4v) is 5.95. The molecular formula is C30H33FN6O6. The molecule has 12 nitrogen and oxygen atoms in total. The predicted molar refractivity (Wildman–Crippen MR) is 153 cm³/mol. The number of morpholine rings is 1. The number of benzene rings is 2. The number of nitrogens with zero attached hydrogens (tertiary/aromatic N) is 5. The number of halogens is 1. The second-order valence-corrected chi connectivity index (χ2v) is 11.1. The molecule has 2 amide bonds. The third kappa shape index (κ3) is 6.22. The smallest absolute Gasteiger partial charge is 0.303 e. The second kappa shape index (κ2) is 12.1. The van der Waals surface area contributed by atoms with Gasteiger partial charge in [0.25, 0.3) is 5.91 Å². The number of likely N-dealkylation sites (tertiary alicyclic amines) is 1. The largest absolute Gasteiger partial charge is 0.489 e. The number of carbonyl (C=O) groups excluding carboxylic acids is 2. The minimum atomic E-state index is -1.06. The van der Waals surface area contributed by atoms with Crippen LogP contribution in [0.3, 0.4) is 0 Å². The lowest BCUT2D eigenvalue weighted by atomic mass is 10.1. The molecule has 2 fully saturated rings. The Bertz CT molecular complexity index is 1560. The van der Waals surface area contributed by atoms with Crippen molar-refractivity contribution in [1.29, 1.82) is 0 Å². The van der Waals surface area contributed by atoms with Gasteiger partial charge in [0.15, 0.2) is 0 Å². The van der Waals surface area contributed by atoms with Gasteiger partial charge >= 0.3 is 5.97 Å². The Labute approximate surface area is 247 Å². The monoisotopic (exact) mass is 592 g/mol. The van der Waals surface area contributed by atoms with Crippen molar-refractivity contribution in [3.05, 3.63) is 59.0 Å². The highest BCUT2D eigenvalue weighted by Gasteiger charge is 2.36. The van der Waals surface area contributed by atoms with Gasteiger partial charge in [0, 0.05) is 74.5 Å². The van der Waals surface area contributed by atoms with E-state index in [-0.39, 0.29) is 37.2 Å². The van der Waals surface area contributed by atoms with E-state index in [2.05, 4.69) is 14.9 Å². The van der Waals surface area contributed by atoms with Crippen molar-refractivity contribution in [2.45, 2.75) is 44.5 Å². The molecular weight excluding hydrogens is 559 g/mol. The number of anilines is 1. The number of fused-ring (bicyclic) bond motifs is 2. The van der Waals surface area contributed by atoms with Gasteiger partial charge in [-0.05, 0) is 42.7 Å². The molecule has 2 saturated heterocycles. The normalized spacial score (nSPS) is 19.6. The van der Waals surface area contributed by atoms with Crippen molar-refractivity contribution >= 4 is 34.6 Å². The van der Waals surface area contributed by atoms with Crippen molar-refractivity contribution in [3.8, 4) is 5.75 Å². The Balaban J connectivity index is 1.07. The second-order valence-electron chi connectivity index (χ2n) is 11.1. The average Bonchev–Trinajstić information content (AvgIpc) is 3.56. The molecule has 0 aliphatic carbocycles. The fourth-order valence-electron chi connectivity index (χ4n) is 5.95. The molecule has 226 valence electrons. The molecule has 1 aromatic heterocycles. The molecule has 3 aromatic rings. The molecule has 0 unspecified atom stereocenters. The number of rotatable bonds is 10. The summed E-state index contributed by atoms with van der Waals surface area (Å²) < 4.78 is 26.8. The number of carboxylic acids is 1. The lowest BCUT2D eigenvalue weighted by Gasteiger charge is -2.26. The summed E-state index contributed by atoms with van der Waals surface area (Å²) >= 11 is 0. The molecule has 2 atom stereocenters. The van der Waals surface area contributed by atoms with Crippen LogP contribution in [0.1, 0.15) is 40.7 Å². The Morgan fingerprint density at radius 3 is 2.77 bits per heavy atom. The van der Waals surface area contributed by atoms with E-state index in [9.17, 15) is 14.4 Å². The van der Waals surface area contributed by atoms with E-state index in [1.165, 1.54) is 11.0 Å². The first-order chi connectivity index (χ1) is 20.7. The molecule has 3 aliphatic heterocycles. The van der Waals surface area contributed by atoms with E-state index in [0.717, 1.165) is 18.4 Å². The number of hydrogen-bond acceptors (Lipinski definition) is 9. The molecule has 0 saturated carbocycles. The summed E-state index contributed by atoms with van der Waals surface area (Å²) in [4.78, 5) is 50.5. The fraction of sp³-hybridized carbons (Fsp3) is 0.433. The molecule has 3 aliphatic rings. The van der Waals surface area contributed by atoms with Crippen LogP contribution < -0.4 is 15.4 Å². The summed E-state index contributed by atoms with van der Waals surface area (Å²) in [5, 5.41) is 9.78. The molecule has 13 heteroatoms. The van der Waals surface area contributed by atoms with Crippen LogP contribution in [-0.2, 0) is 27.4 Å². The van der Waals surface area contributed by atoms with Crippen LogP contribution in [0.2, 0.25) is 0 Å². The summed E-state index contributed by atoms with van der Waals surface area (Å²) in [7, 11) is 0. The van der Waals surface area contributed by atoms with Crippen LogP contribution in [-0.4, -0.2) is 94.2 Å². The van der Waals surface area contributed by atoms with Crippen molar-refractivity contribution < 1.29 is 33.4 Å². The summed E-state index contributed by atoms with van der Waals surface area (Å²) in [5.74, 6) is -1.30. The summed E-state index contributed by atoms with van der Waals surface area (Å²) in [6, 6.07) is 7.43. The Hall–Kier alpha value is -4.36. The lowest BCUT2D eigenvalue weighted by Crippen LogP contribution is -2.45. The first-order valence-corrected chi connectivity index (χ1v) is 14.4. The molecule has 6 rings (SSSR count). The first-order valence-electron chi connectivity index (χ1n) is 14.4. The van der Waals surface area contributed by atoms with E-state index in [4.69, 9.17) is 20.3 Å². The maximum atomic E-state index is 15.1.